The first-order valence-corrected chi connectivity index (χ1v) is 9.05. The van der Waals surface area contributed by atoms with Crippen LogP contribution in [-0.2, 0) is 24.2 Å². The number of benzene rings is 1. The van der Waals surface area contributed by atoms with E-state index in [9.17, 15) is 18.0 Å². The Balaban J connectivity index is 1.80. The van der Waals surface area contributed by atoms with Crippen LogP contribution in [0.2, 0.25) is 0 Å². The molecule has 1 aliphatic heterocycles. The molecule has 0 bridgehead atoms. The van der Waals surface area contributed by atoms with E-state index >= 15 is 0 Å². The van der Waals surface area contributed by atoms with E-state index in [2.05, 4.69) is 0 Å². The van der Waals surface area contributed by atoms with Crippen molar-refractivity contribution >= 4 is 27.8 Å². The third-order valence-electron chi connectivity index (χ3n) is 3.70. The average molecular weight is 337 g/mol. The highest BCUT2D eigenvalue weighted by Gasteiger charge is 2.32. The molecule has 124 valence electrons. The van der Waals surface area contributed by atoms with Crippen molar-refractivity contribution in [3.8, 4) is 0 Å². The first-order chi connectivity index (χ1) is 10.9. The molecule has 1 unspecified atom stereocenters. The highest BCUT2D eigenvalue weighted by atomic mass is 32.2. The minimum absolute atomic E-state index is 0.0307. The molecule has 1 aromatic rings. The van der Waals surface area contributed by atoms with Crippen molar-refractivity contribution in [1.29, 1.82) is 0 Å². The molecule has 2 rings (SSSR count). The van der Waals surface area contributed by atoms with Gasteiger partial charge in [0.15, 0.2) is 16.4 Å². The molecule has 1 amide bonds. The van der Waals surface area contributed by atoms with Gasteiger partial charge in [-0.25, -0.2) is 13.2 Å². The van der Waals surface area contributed by atoms with Crippen LogP contribution >= 0.6 is 0 Å². The van der Waals surface area contributed by atoms with Gasteiger partial charge < -0.3 is 9.64 Å². The highest BCUT2D eigenvalue weighted by Crippen LogP contribution is 2.16. The Bertz CT molecular complexity index is 696. The topological polar surface area (TPSA) is 80.8 Å². The van der Waals surface area contributed by atoms with E-state index in [1.807, 2.05) is 30.3 Å². The van der Waals surface area contributed by atoms with Gasteiger partial charge in [-0.15, -0.1) is 0 Å². The lowest BCUT2D eigenvalue weighted by Crippen LogP contribution is -2.40. The fourth-order valence-corrected chi connectivity index (χ4v) is 4.07. The van der Waals surface area contributed by atoms with Crippen molar-refractivity contribution in [1.82, 2.24) is 4.90 Å². The lowest BCUT2D eigenvalue weighted by molar-refractivity contribution is -0.148. The summed E-state index contributed by atoms with van der Waals surface area (Å²) in [6.07, 6.45) is 3.27. The second kappa shape index (κ2) is 7.41. The minimum Gasteiger partial charge on any atom is -0.452 e. The van der Waals surface area contributed by atoms with Crippen molar-refractivity contribution < 1.29 is 22.7 Å². The van der Waals surface area contributed by atoms with Gasteiger partial charge in [-0.05, 0) is 18.1 Å². The van der Waals surface area contributed by atoms with Gasteiger partial charge >= 0.3 is 5.97 Å². The zero-order chi connectivity index (χ0) is 16.9. The largest absolute Gasteiger partial charge is 0.452 e. The van der Waals surface area contributed by atoms with Gasteiger partial charge in [-0.2, -0.15) is 0 Å². The molecule has 1 heterocycles. The van der Waals surface area contributed by atoms with Crippen LogP contribution in [0.25, 0.3) is 6.08 Å². The Hall–Kier alpha value is -2.15. The standard InChI is InChI=1S/C16H19NO5S/c1-17(14-9-10-23(20,21)12-14)15(18)11-22-16(19)8-7-13-5-3-2-4-6-13/h2-8,14H,9-12H2,1H3/b8-7+. The van der Waals surface area contributed by atoms with E-state index in [0.717, 1.165) is 5.56 Å². The van der Waals surface area contributed by atoms with Crippen molar-refractivity contribution in [2.75, 3.05) is 25.2 Å². The summed E-state index contributed by atoms with van der Waals surface area (Å²) in [5, 5.41) is 0. The molecule has 0 aromatic heterocycles. The molecule has 1 aromatic carbocycles. The number of carbonyl (C=O) groups is 2. The molecule has 1 aliphatic rings. The van der Waals surface area contributed by atoms with Crippen LogP contribution in [0.3, 0.4) is 0 Å². The third kappa shape index (κ3) is 5.21. The summed E-state index contributed by atoms with van der Waals surface area (Å²) in [5.41, 5.74) is 0.851. The van der Waals surface area contributed by atoms with Crippen LogP contribution in [-0.4, -0.2) is 56.4 Å². The second-order valence-corrected chi connectivity index (χ2v) is 7.64. The van der Waals surface area contributed by atoms with Crippen LogP contribution < -0.4 is 0 Å². The van der Waals surface area contributed by atoms with E-state index in [4.69, 9.17) is 4.74 Å². The molecule has 23 heavy (non-hydrogen) atoms. The molecule has 0 N–H and O–H groups in total. The smallest absolute Gasteiger partial charge is 0.331 e. The van der Waals surface area contributed by atoms with Crippen molar-refractivity contribution in [3.05, 3.63) is 42.0 Å². The first kappa shape index (κ1) is 17.2. The lowest BCUT2D eigenvalue weighted by atomic mass is 10.2. The van der Waals surface area contributed by atoms with Crippen LogP contribution in [0.5, 0.6) is 0 Å². The molecule has 0 radical (unpaired) electrons. The molecule has 0 spiro atoms. The normalized spacial score (nSPS) is 19.6. The number of amides is 1. The van der Waals surface area contributed by atoms with Gasteiger partial charge in [0, 0.05) is 19.2 Å². The summed E-state index contributed by atoms with van der Waals surface area (Å²) in [5.74, 6) is -0.963. The summed E-state index contributed by atoms with van der Waals surface area (Å²) in [6.45, 7) is -0.398. The number of sulfone groups is 1. The molecule has 7 heteroatoms. The van der Waals surface area contributed by atoms with Gasteiger partial charge in [0.25, 0.3) is 5.91 Å². The number of rotatable bonds is 5. The maximum atomic E-state index is 11.9. The van der Waals surface area contributed by atoms with E-state index in [0.29, 0.717) is 6.42 Å². The second-order valence-electron chi connectivity index (χ2n) is 5.41. The number of nitrogens with zero attached hydrogens (tertiary/aromatic N) is 1. The fourth-order valence-electron chi connectivity index (χ4n) is 2.30. The molecule has 1 fully saturated rings. The van der Waals surface area contributed by atoms with Crippen molar-refractivity contribution in [2.24, 2.45) is 0 Å². The molecule has 1 saturated heterocycles. The molecule has 6 nitrogen and oxygen atoms in total. The quantitative estimate of drug-likeness (QED) is 0.589. The third-order valence-corrected chi connectivity index (χ3v) is 5.45. The summed E-state index contributed by atoms with van der Waals surface area (Å²) >= 11 is 0. The number of likely N-dealkylation sites (N-methyl/N-ethyl adjacent to an activating group) is 1. The van der Waals surface area contributed by atoms with Gasteiger partial charge in [-0.1, -0.05) is 30.3 Å². The minimum atomic E-state index is -3.06. The van der Waals surface area contributed by atoms with Gasteiger partial charge in [0.1, 0.15) is 0 Å². The van der Waals surface area contributed by atoms with E-state index in [1.54, 1.807) is 6.08 Å². The van der Waals surface area contributed by atoms with Crippen LogP contribution in [0.15, 0.2) is 36.4 Å². The zero-order valence-corrected chi connectivity index (χ0v) is 13.7. The zero-order valence-electron chi connectivity index (χ0n) is 12.8. The summed E-state index contributed by atoms with van der Waals surface area (Å²) < 4.78 is 27.7. The van der Waals surface area contributed by atoms with E-state index < -0.39 is 28.3 Å². The number of hydrogen-bond acceptors (Lipinski definition) is 5. The lowest BCUT2D eigenvalue weighted by Gasteiger charge is -2.22. The number of esters is 1. The van der Waals surface area contributed by atoms with Crippen LogP contribution in [0.4, 0.5) is 0 Å². The monoisotopic (exact) mass is 337 g/mol. The number of hydrogen-bond donors (Lipinski definition) is 0. The highest BCUT2D eigenvalue weighted by molar-refractivity contribution is 7.91. The van der Waals surface area contributed by atoms with Gasteiger partial charge in [0.05, 0.1) is 11.5 Å². The molecular formula is C16H19NO5S. The summed E-state index contributed by atoms with van der Waals surface area (Å²) in [4.78, 5) is 24.9. The Labute approximate surface area is 135 Å². The Morgan fingerprint density at radius 3 is 2.61 bits per heavy atom. The fraction of sp³-hybridized carbons (Fsp3) is 0.375. The Morgan fingerprint density at radius 1 is 1.30 bits per heavy atom. The SMILES string of the molecule is CN(C(=O)COC(=O)/C=C/c1ccccc1)C1CCS(=O)(=O)C1. The van der Waals surface area contributed by atoms with E-state index in [1.165, 1.54) is 18.0 Å². The summed E-state index contributed by atoms with van der Waals surface area (Å²) in [6, 6.07) is 8.89. The van der Waals surface area contributed by atoms with Gasteiger partial charge in [-0.3, -0.25) is 4.79 Å². The number of ether oxygens (including phenoxy) is 1. The summed E-state index contributed by atoms with van der Waals surface area (Å²) in [7, 11) is -1.53. The first-order valence-electron chi connectivity index (χ1n) is 7.23. The molecule has 1 atom stereocenters. The molecular weight excluding hydrogens is 318 g/mol. The maximum Gasteiger partial charge on any atom is 0.331 e. The predicted octanol–water partition coefficient (Wildman–Crippen LogP) is 0.889. The maximum absolute atomic E-state index is 11.9. The average Bonchev–Trinajstić information content (AvgIpc) is 2.90. The van der Waals surface area contributed by atoms with Crippen molar-refractivity contribution in [3.63, 3.8) is 0 Å². The predicted molar refractivity (Wildman–Crippen MR) is 86.3 cm³/mol. The van der Waals surface area contributed by atoms with Gasteiger partial charge in [0.2, 0.25) is 0 Å². The van der Waals surface area contributed by atoms with E-state index in [-0.39, 0.29) is 17.5 Å². The van der Waals surface area contributed by atoms with Crippen LogP contribution in [0.1, 0.15) is 12.0 Å². The molecule has 0 saturated carbocycles. The van der Waals surface area contributed by atoms with Crippen LogP contribution in [0, 0.1) is 0 Å². The Kier molecular flexibility index (Phi) is 5.54. The van der Waals surface area contributed by atoms with Crippen molar-refractivity contribution in [2.45, 2.75) is 12.5 Å². The molecule has 0 aliphatic carbocycles. The Morgan fingerprint density at radius 2 is 2.00 bits per heavy atom. The number of carbonyl (C=O) groups excluding carboxylic acids is 2.